The first kappa shape index (κ1) is 24.5. The smallest absolute Gasteiger partial charge is 0.270 e. The second-order valence-corrected chi connectivity index (χ2v) is 8.31. The Morgan fingerprint density at radius 1 is 1.39 bits per heavy atom. The topological polar surface area (TPSA) is 115 Å². The van der Waals surface area contributed by atoms with E-state index in [0.717, 1.165) is 25.1 Å². The maximum absolute atomic E-state index is 13.3. The molecule has 31 heavy (non-hydrogen) atoms. The molecule has 172 valence electrons. The first-order chi connectivity index (χ1) is 14.7. The van der Waals surface area contributed by atoms with Crippen LogP contribution in [0.15, 0.2) is 23.3 Å². The Morgan fingerprint density at radius 2 is 2.10 bits per heavy atom. The number of carbonyl (C=O) groups excluding carboxylic acids is 3. The van der Waals surface area contributed by atoms with Gasteiger partial charge in [0, 0.05) is 6.54 Å². The summed E-state index contributed by atoms with van der Waals surface area (Å²) in [5.41, 5.74) is -0.142. The van der Waals surface area contributed by atoms with Gasteiger partial charge in [0.1, 0.15) is 11.9 Å². The summed E-state index contributed by atoms with van der Waals surface area (Å²) in [5, 5.41) is 19.9. The molecule has 0 radical (unpaired) electrons. The average molecular weight is 439 g/mol. The number of amides is 3. The van der Waals surface area contributed by atoms with E-state index in [1.807, 2.05) is 20.8 Å². The molecule has 0 aromatic carbocycles. The molecule has 1 aromatic heterocycles. The van der Waals surface area contributed by atoms with Crippen LogP contribution in [0.5, 0.6) is 0 Å². The molecule has 2 rings (SSSR count). The molecule has 1 aliphatic rings. The number of halogens is 1. The van der Waals surface area contributed by atoms with Crippen LogP contribution in [0.3, 0.4) is 0 Å². The number of likely N-dealkylation sites (tertiary alicyclic amines) is 1. The van der Waals surface area contributed by atoms with Crippen LogP contribution in [0.1, 0.15) is 46.5 Å². The zero-order valence-corrected chi connectivity index (χ0v) is 18.1. The van der Waals surface area contributed by atoms with E-state index in [-0.39, 0.29) is 36.2 Å². The molecular formula is C21H31FN4O5. The van der Waals surface area contributed by atoms with Gasteiger partial charge in [-0.05, 0) is 36.8 Å². The molecule has 2 heterocycles. The number of unbranched alkanes of at least 4 members (excludes halogenated alkanes) is 1. The largest absolute Gasteiger partial charge is 0.427 e. The van der Waals surface area contributed by atoms with Crippen molar-refractivity contribution >= 4 is 18.2 Å². The van der Waals surface area contributed by atoms with Gasteiger partial charge >= 0.3 is 0 Å². The summed E-state index contributed by atoms with van der Waals surface area (Å²) >= 11 is 0. The second kappa shape index (κ2) is 11.0. The predicted octanol–water partition coefficient (Wildman–Crippen LogP) is 1.82. The van der Waals surface area contributed by atoms with Gasteiger partial charge in [-0.25, -0.2) is 9.45 Å². The first-order valence-corrected chi connectivity index (χ1v) is 10.5. The third kappa shape index (κ3) is 6.36. The van der Waals surface area contributed by atoms with E-state index in [1.165, 1.54) is 11.0 Å². The van der Waals surface area contributed by atoms with Crippen LogP contribution < -0.4 is 5.49 Å². The van der Waals surface area contributed by atoms with E-state index < -0.39 is 23.7 Å². The van der Waals surface area contributed by atoms with Gasteiger partial charge in [0.05, 0.1) is 18.7 Å². The van der Waals surface area contributed by atoms with Gasteiger partial charge in [-0.15, -0.1) is 0 Å². The highest BCUT2D eigenvalue weighted by molar-refractivity contribution is 5.89. The van der Waals surface area contributed by atoms with Crippen molar-refractivity contribution < 1.29 is 29.2 Å². The lowest BCUT2D eigenvalue weighted by Gasteiger charge is -2.28. The van der Waals surface area contributed by atoms with Crippen molar-refractivity contribution in [1.29, 1.82) is 0 Å². The van der Waals surface area contributed by atoms with Crippen molar-refractivity contribution in [3.8, 4) is 0 Å². The molecule has 1 aromatic rings. The van der Waals surface area contributed by atoms with Gasteiger partial charge in [0.25, 0.3) is 5.91 Å². The summed E-state index contributed by atoms with van der Waals surface area (Å²) in [4.78, 5) is 42.5. The fraction of sp³-hybridized carbons (Fsp3) is 0.619. The molecule has 2 N–H and O–H groups in total. The Hall–Kier alpha value is -2.75. The summed E-state index contributed by atoms with van der Waals surface area (Å²) in [6.07, 6.45) is 3.48. The number of nitrogens with zero attached hydrogens (tertiary/aromatic N) is 4. The molecule has 0 saturated carbocycles. The average Bonchev–Trinajstić information content (AvgIpc) is 3.18. The van der Waals surface area contributed by atoms with Gasteiger partial charge in [-0.1, -0.05) is 33.6 Å². The summed E-state index contributed by atoms with van der Waals surface area (Å²) in [6, 6.07) is 1.41. The van der Waals surface area contributed by atoms with Gasteiger partial charge in [0.15, 0.2) is 5.49 Å². The van der Waals surface area contributed by atoms with Gasteiger partial charge < -0.3 is 10.1 Å². The fourth-order valence-electron chi connectivity index (χ4n) is 3.81. The summed E-state index contributed by atoms with van der Waals surface area (Å²) < 4.78 is 13.6. The molecule has 0 unspecified atom stereocenters. The molecule has 10 heteroatoms. The number of aromatic nitrogens is 1. The van der Waals surface area contributed by atoms with Crippen molar-refractivity contribution in [3.05, 3.63) is 29.6 Å². The Bertz CT molecular complexity index is 856. The van der Waals surface area contributed by atoms with Crippen LogP contribution in [0, 0.1) is 23.6 Å². The molecule has 9 nitrogen and oxygen atoms in total. The third-order valence-electron chi connectivity index (χ3n) is 5.73. The van der Waals surface area contributed by atoms with E-state index in [9.17, 15) is 29.2 Å². The lowest BCUT2D eigenvalue weighted by atomic mass is 9.93. The monoisotopic (exact) mass is 438 g/mol. The molecule has 1 saturated heterocycles. The van der Waals surface area contributed by atoms with Crippen molar-refractivity contribution in [1.82, 2.24) is 14.7 Å². The van der Waals surface area contributed by atoms with Crippen molar-refractivity contribution in [3.63, 3.8) is 0 Å². The molecule has 0 spiro atoms. The molecule has 0 bridgehead atoms. The summed E-state index contributed by atoms with van der Waals surface area (Å²) in [6.45, 7) is 6.20. The van der Waals surface area contributed by atoms with E-state index in [2.05, 4.69) is 4.99 Å². The van der Waals surface area contributed by atoms with Crippen LogP contribution in [0.25, 0.3) is 0 Å². The van der Waals surface area contributed by atoms with E-state index in [0.29, 0.717) is 29.2 Å². The number of pyridine rings is 1. The van der Waals surface area contributed by atoms with E-state index >= 15 is 0 Å². The minimum atomic E-state index is -0.836. The number of carbonyl (C=O) groups is 3. The standard InChI is InChI=1S/C21H31FN4O5/c1-4-5-6-15(10-24(30)13-27)21(29)25-11-16(14(2)3)9-18(25)20(28)23-19-8-7-17(22)12-26(19)31/h7-8,12-16,18,30-31H,4-6,9-11H2,1-3H3/t15-,16+,18+/m1/s1. The Kier molecular flexibility index (Phi) is 8.73. The van der Waals surface area contributed by atoms with Crippen LogP contribution in [-0.4, -0.2) is 62.5 Å². The van der Waals surface area contributed by atoms with Crippen LogP contribution >= 0.6 is 0 Å². The molecule has 0 aliphatic carbocycles. The number of hydrogen-bond acceptors (Lipinski definition) is 5. The second-order valence-electron chi connectivity index (χ2n) is 8.31. The lowest BCUT2D eigenvalue weighted by Crippen LogP contribution is -2.46. The van der Waals surface area contributed by atoms with Crippen LogP contribution in [0.4, 0.5) is 4.39 Å². The fourth-order valence-corrected chi connectivity index (χ4v) is 3.81. The Morgan fingerprint density at radius 3 is 2.68 bits per heavy atom. The quantitative estimate of drug-likeness (QED) is 0.264. The van der Waals surface area contributed by atoms with Gasteiger partial charge in [-0.3, -0.25) is 19.6 Å². The van der Waals surface area contributed by atoms with Crippen molar-refractivity contribution in [2.75, 3.05) is 13.1 Å². The van der Waals surface area contributed by atoms with Crippen LogP contribution in [0.2, 0.25) is 0 Å². The zero-order chi connectivity index (χ0) is 23.1. The normalized spacial score (nSPS) is 20.2. The number of hydroxylamine groups is 2. The Labute approximate surface area is 180 Å². The number of hydrogen-bond donors (Lipinski definition) is 2. The van der Waals surface area contributed by atoms with Crippen molar-refractivity contribution in [2.24, 2.45) is 22.7 Å². The maximum Gasteiger partial charge on any atom is 0.270 e. The minimum absolute atomic E-state index is 0.0747. The van der Waals surface area contributed by atoms with Gasteiger partial charge in [-0.2, -0.15) is 9.72 Å². The van der Waals surface area contributed by atoms with Crippen LogP contribution in [-0.2, 0) is 14.4 Å². The molecule has 3 amide bonds. The predicted molar refractivity (Wildman–Crippen MR) is 108 cm³/mol. The van der Waals surface area contributed by atoms with Gasteiger partial charge in [0.2, 0.25) is 12.3 Å². The third-order valence-corrected chi connectivity index (χ3v) is 5.73. The lowest BCUT2D eigenvalue weighted by molar-refractivity contribution is -0.158. The van der Waals surface area contributed by atoms with E-state index in [4.69, 9.17) is 0 Å². The molecule has 3 atom stereocenters. The zero-order valence-electron chi connectivity index (χ0n) is 18.1. The highest BCUT2D eigenvalue weighted by Gasteiger charge is 2.42. The summed E-state index contributed by atoms with van der Waals surface area (Å²) in [7, 11) is 0. The highest BCUT2D eigenvalue weighted by Crippen LogP contribution is 2.31. The molecule has 1 fully saturated rings. The SMILES string of the molecule is CCCC[C@H](CN(O)C=O)C(=O)N1C[C@@H](C(C)C)C[C@H]1C(=O)N=c1ccc(F)cn1O. The van der Waals surface area contributed by atoms with Crippen molar-refractivity contribution in [2.45, 2.75) is 52.5 Å². The Balaban J connectivity index is 2.33. The number of rotatable bonds is 9. The molecular weight excluding hydrogens is 407 g/mol. The highest BCUT2D eigenvalue weighted by atomic mass is 19.1. The molecule has 1 aliphatic heterocycles. The maximum atomic E-state index is 13.3. The minimum Gasteiger partial charge on any atom is -0.427 e. The van der Waals surface area contributed by atoms with E-state index in [1.54, 1.807) is 0 Å². The summed E-state index contributed by atoms with van der Waals surface area (Å²) in [5.74, 6) is -1.97. The first-order valence-electron chi connectivity index (χ1n) is 10.5.